The number of fused-ring (bicyclic) bond motifs is 1. The van der Waals surface area contributed by atoms with Crippen LogP contribution in [0.3, 0.4) is 0 Å². The number of rotatable bonds is 2. The van der Waals surface area contributed by atoms with Crippen LogP contribution >= 0.6 is 0 Å². The molecule has 22 heavy (non-hydrogen) atoms. The van der Waals surface area contributed by atoms with Gasteiger partial charge in [-0.15, -0.1) is 0 Å². The molecule has 0 aliphatic carbocycles. The van der Waals surface area contributed by atoms with Crippen molar-refractivity contribution in [3.8, 4) is 0 Å². The van der Waals surface area contributed by atoms with E-state index < -0.39 is 23.8 Å². The molecular formula is C16H16N2O4. The quantitative estimate of drug-likeness (QED) is 0.825. The van der Waals surface area contributed by atoms with Gasteiger partial charge in [0.25, 0.3) is 11.8 Å². The Labute approximate surface area is 127 Å². The van der Waals surface area contributed by atoms with E-state index >= 15 is 0 Å². The van der Waals surface area contributed by atoms with Gasteiger partial charge in [-0.25, -0.2) is 0 Å². The zero-order valence-electron chi connectivity index (χ0n) is 12.4. The molecule has 0 spiro atoms. The first kappa shape index (κ1) is 14.4. The van der Waals surface area contributed by atoms with E-state index in [0.717, 1.165) is 22.4 Å². The first-order valence-corrected chi connectivity index (χ1v) is 7.29. The van der Waals surface area contributed by atoms with Crippen molar-refractivity contribution in [2.45, 2.75) is 39.2 Å². The number of nitrogens with zero attached hydrogens (tertiary/aromatic N) is 1. The molecule has 1 saturated heterocycles. The van der Waals surface area contributed by atoms with E-state index in [1.165, 1.54) is 0 Å². The summed E-state index contributed by atoms with van der Waals surface area (Å²) in [6.45, 7) is 3.87. The molecule has 0 aromatic heterocycles. The first-order valence-electron chi connectivity index (χ1n) is 7.29. The van der Waals surface area contributed by atoms with Gasteiger partial charge in [-0.1, -0.05) is 6.92 Å². The first-order chi connectivity index (χ1) is 10.4. The predicted octanol–water partition coefficient (Wildman–Crippen LogP) is 0.959. The molecule has 0 radical (unpaired) electrons. The number of imide groups is 2. The molecule has 4 amide bonds. The number of hydrogen-bond donors (Lipinski definition) is 1. The molecule has 6 nitrogen and oxygen atoms in total. The van der Waals surface area contributed by atoms with Crippen LogP contribution in [0.1, 0.15) is 51.6 Å². The van der Waals surface area contributed by atoms with Gasteiger partial charge in [0.2, 0.25) is 11.8 Å². The lowest BCUT2D eigenvalue weighted by atomic mass is 9.99. The summed E-state index contributed by atoms with van der Waals surface area (Å²) >= 11 is 0. The average Bonchev–Trinajstić information content (AvgIpc) is 2.70. The summed E-state index contributed by atoms with van der Waals surface area (Å²) in [5, 5.41) is 2.18. The summed E-state index contributed by atoms with van der Waals surface area (Å²) in [5.41, 5.74) is 2.64. The van der Waals surface area contributed by atoms with Crippen LogP contribution in [0.2, 0.25) is 0 Å². The standard InChI is InChI=1S/C16H16N2O4/c1-3-9-7-11-10(6-8(9)2)15(21)18(16(11)22)12-4-5-13(19)17-14(12)20/h6-7,12H,3-5H2,1-2H3,(H,17,19,20). The second-order valence-corrected chi connectivity index (χ2v) is 5.63. The van der Waals surface area contributed by atoms with E-state index in [9.17, 15) is 19.2 Å². The highest BCUT2D eigenvalue weighted by molar-refractivity contribution is 6.23. The van der Waals surface area contributed by atoms with Gasteiger partial charge in [0, 0.05) is 6.42 Å². The van der Waals surface area contributed by atoms with Crippen LogP contribution in [0.15, 0.2) is 12.1 Å². The molecular weight excluding hydrogens is 284 g/mol. The van der Waals surface area contributed by atoms with Crippen molar-refractivity contribution in [1.82, 2.24) is 10.2 Å². The predicted molar refractivity (Wildman–Crippen MR) is 77.2 cm³/mol. The molecule has 1 aromatic rings. The summed E-state index contributed by atoms with van der Waals surface area (Å²) in [6.07, 6.45) is 1.07. The maximum Gasteiger partial charge on any atom is 0.262 e. The number of nitrogens with one attached hydrogen (secondary N) is 1. The van der Waals surface area contributed by atoms with E-state index in [-0.39, 0.29) is 18.7 Å². The molecule has 0 saturated carbocycles. The summed E-state index contributed by atoms with van der Waals surface area (Å²) in [7, 11) is 0. The van der Waals surface area contributed by atoms with Crippen LogP contribution in [0, 0.1) is 6.92 Å². The van der Waals surface area contributed by atoms with Crippen molar-refractivity contribution in [2.75, 3.05) is 0 Å². The lowest BCUT2D eigenvalue weighted by molar-refractivity contribution is -0.136. The lowest BCUT2D eigenvalue weighted by Crippen LogP contribution is -2.54. The fraction of sp³-hybridized carbons (Fsp3) is 0.375. The molecule has 114 valence electrons. The third-order valence-electron chi connectivity index (χ3n) is 4.28. The van der Waals surface area contributed by atoms with Crippen LogP contribution in [-0.4, -0.2) is 34.6 Å². The van der Waals surface area contributed by atoms with Gasteiger partial charge in [0.05, 0.1) is 11.1 Å². The van der Waals surface area contributed by atoms with Crippen LogP contribution < -0.4 is 5.32 Å². The Hall–Kier alpha value is -2.50. The zero-order chi connectivity index (χ0) is 16.0. The van der Waals surface area contributed by atoms with E-state index in [2.05, 4.69) is 5.32 Å². The Morgan fingerprint density at radius 3 is 2.36 bits per heavy atom. The van der Waals surface area contributed by atoms with Gasteiger partial charge in [-0.05, 0) is 43.0 Å². The molecule has 2 aliphatic rings. The monoisotopic (exact) mass is 300 g/mol. The van der Waals surface area contributed by atoms with Crippen molar-refractivity contribution in [1.29, 1.82) is 0 Å². The van der Waals surface area contributed by atoms with E-state index in [4.69, 9.17) is 0 Å². The van der Waals surface area contributed by atoms with E-state index in [1.807, 2.05) is 13.8 Å². The van der Waals surface area contributed by atoms with Crippen molar-refractivity contribution in [2.24, 2.45) is 0 Å². The van der Waals surface area contributed by atoms with Crippen LogP contribution in [0.25, 0.3) is 0 Å². The van der Waals surface area contributed by atoms with Gasteiger partial charge in [0.1, 0.15) is 6.04 Å². The number of carbonyl (C=O) groups is 4. The van der Waals surface area contributed by atoms with Crippen molar-refractivity contribution < 1.29 is 19.2 Å². The second kappa shape index (κ2) is 5.05. The highest BCUT2D eigenvalue weighted by atomic mass is 16.2. The second-order valence-electron chi connectivity index (χ2n) is 5.63. The van der Waals surface area contributed by atoms with Crippen molar-refractivity contribution in [3.63, 3.8) is 0 Å². The largest absolute Gasteiger partial charge is 0.295 e. The van der Waals surface area contributed by atoms with Gasteiger partial charge in [0.15, 0.2) is 0 Å². The molecule has 1 atom stereocenters. The maximum absolute atomic E-state index is 12.6. The zero-order valence-corrected chi connectivity index (χ0v) is 12.4. The summed E-state index contributed by atoms with van der Waals surface area (Å²) in [6, 6.07) is 2.53. The van der Waals surface area contributed by atoms with Crippen molar-refractivity contribution in [3.05, 3.63) is 34.4 Å². The minimum atomic E-state index is -0.907. The number of aryl methyl sites for hydroxylation is 2. The Morgan fingerprint density at radius 2 is 1.77 bits per heavy atom. The normalized spacial score (nSPS) is 21.2. The number of piperidine rings is 1. The Morgan fingerprint density at radius 1 is 1.14 bits per heavy atom. The number of hydrogen-bond acceptors (Lipinski definition) is 4. The number of carbonyl (C=O) groups excluding carboxylic acids is 4. The third kappa shape index (κ3) is 2.03. The maximum atomic E-state index is 12.6. The van der Waals surface area contributed by atoms with Gasteiger partial charge in [-0.2, -0.15) is 0 Å². The molecule has 0 bridgehead atoms. The molecule has 1 N–H and O–H groups in total. The summed E-state index contributed by atoms with van der Waals surface area (Å²) < 4.78 is 0. The highest BCUT2D eigenvalue weighted by Gasteiger charge is 2.44. The van der Waals surface area contributed by atoms with Gasteiger partial charge in [-0.3, -0.25) is 29.4 Å². The Balaban J connectivity index is 2.00. The van der Waals surface area contributed by atoms with Crippen molar-refractivity contribution >= 4 is 23.6 Å². The SMILES string of the molecule is CCc1cc2c(cc1C)C(=O)N(C1CCC(=O)NC1=O)C2=O. The van der Waals surface area contributed by atoms with E-state index in [0.29, 0.717) is 11.1 Å². The molecule has 1 unspecified atom stereocenters. The fourth-order valence-electron chi connectivity index (χ4n) is 3.05. The topological polar surface area (TPSA) is 83.6 Å². The van der Waals surface area contributed by atoms with Gasteiger partial charge >= 0.3 is 0 Å². The molecule has 1 fully saturated rings. The Bertz CT molecular complexity index is 723. The molecule has 1 aromatic carbocycles. The Kier molecular flexibility index (Phi) is 3.31. The number of amides is 4. The van der Waals surface area contributed by atoms with E-state index in [1.54, 1.807) is 12.1 Å². The van der Waals surface area contributed by atoms with Crippen LogP contribution in [0.4, 0.5) is 0 Å². The van der Waals surface area contributed by atoms with Gasteiger partial charge < -0.3 is 0 Å². The minimum Gasteiger partial charge on any atom is -0.295 e. The minimum absolute atomic E-state index is 0.128. The summed E-state index contributed by atoms with van der Waals surface area (Å²) in [5.74, 6) is -1.87. The molecule has 6 heteroatoms. The third-order valence-corrected chi connectivity index (χ3v) is 4.28. The molecule has 2 aliphatic heterocycles. The van der Waals surface area contributed by atoms with Crippen LogP contribution in [0.5, 0.6) is 0 Å². The number of benzene rings is 1. The molecule has 2 heterocycles. The smallest absolute Gasteiger partial charge is 0.262 e. The lowest BCUT2D eigenvalue weighted by Gasteiger charge is -2.27. The molecule has 3 rings (SSSR count). The van der Waals surface area contributed by atoms with Crippen LogP contribution in [-0.2, 0) is 16.0 Å². The highest BCUT2D eigenvalue weighted by Crippen LogP contribution is 2.29. The average molecular weight is 300 g/mol. The summed E-state index contributed by atoms with van der Waals surface area (Å²) in [4.78, 5) is 49.2. The fourth-order valence-corrected chi connectivity index (χ4v) is 3.05.